The number of hydrogen-bond donors (Lipinski definition) is 3. The van der Waals surface area contributed by atoms with Gasteiger partial charge in [0.2, 0.25) is 11.9 Å². The predicted octanol–water partition coefficient (Wildman–Crippen LogP) is 1.52. The van der Waals surface area contributed by atoms with E-state index in [4.69, 9.17) is 10.6 Å². The summed E-state index contributed by atoms with van der Waals surface area (Å²) in [6.45, 7) is 5.16. The van der Waals surface area contributed by atoms with Crippen molar-refractivity contribution >= 4 is 11.9 Å². The van der Waals surface area contributed by atoms with Gasteiger partial charge in [-0.3, -0.25) is 5.43 Å². The zero-order valence-electron chi connectivity index (χ0n) is 12.3. The molecule has 2 aromatic rings. The summed E-state index contributed by atoms with van der Waals surface area (Å²) in [5, 5.41) is 3.16. The predicted molar refractivity (Wildman–Crippen MR) is 82.2 cm³/mol. The monoisotopic (exact) mass is 288 g/mol. The van der Waals surface area contributed by atoms with E-state index in [9.17, 15) is 0 Å². The lowest BCUT2D eigenvalue weighted by Crippen LogP contribution is -2.15. The minimum absolute atomic E-state index is 0.249. The highest BCUT2D eigenvalue weighted by atomic mass is 16.5. The fourth-order valence-electron chi connectivity index (χ4n) is 1.89. The van der Waals surface area contributed by atoms with E-state index in [1.807, 2.05) is 19.1 Å². The van der Waals surface area contributed by atoms with Gasteiger partial charge < -0.3 is 10.1 Å². The first-order chi connectivity index (χ1) is 10.2. The van der Waals surface area contributed by atoms with Crippen molar-refractivity contribution in [2.24, 2.45) is 5.84 Å². The quantitative estimate of drug-likeness (QED) is 0.525. The highest BCUT2D eigenvalue weighted by Crippen LogP contribution is 2.11. The molecule has 2 rings (SSSR count). The second kappa shape index (κ2) is 7.39. The molecule has 0 aliphatic rings. The second-order valence-electron chi connectivity index (χ2n) is 4.45. The summed E-state index contributed by atoms with van der Waals surface area (Å²) in [4.78, 5) is 12.3. The zero-order valence-corrected chi connectivity index (χ0v) is 12.3. The molecule has 0 spiro atoms. The molecule has 1 aromatic carbocycles. The summed E-state index contributed by atoms with van der Waals surface area (Å²) in [5.74, 6) is 6.05. The first kappa shape index (κ1) is 15.0. The second-order valence-corrected chi connectivity index (χ2v) is 4.45. The maximum atomic E-state index is 5.34. The first-order valence-corrected chi connectivity index (χ1v) is 6.86. The van der Waals surface area contributed by atoms with E-state index in [2.05, 4.69) is 44.8 Å². The normalized spacial score (nSPS) is 10.2. The van der Waals surface area contributed by atoms with Gasteiger partial charge in [0.15, 0.2) is 0 Å². The van der Waals surface area contributed by atoms with Gasteiger partial charge in [-0.25, -0.2) is 5.84 Å². The third kappa shape index (κ3) is 4.28. The standard InChI is InChI=1S/C14H20N6O/c1-3-21-14-18-12(17-13(19-14)20-15)16-9-8-11-7-5-4-6-10(11)2/h4-7H,3,8-9,15H2,1-2H3,(H2,16,17,18,19,20). The van der Waals surface area contributed by atoms with Crippen LogP contribution >= 0.6 is 0 Å². The zero-order chi connectivity index (χ0) is 15.1. The van der Waals surface area contributed by atoms with Gasteiger partial charge in [0.25, 0.3) is 0 Å². The molecule has 0 saturated heterocycles. The van der Waals surface area contributed by atoms with Crippen LogP contribution in [0.3, 0.4) is 0 Å². The molecular weight excluding hydrogens is 268 g/mol. The molecule has 21 heavy (non-hydrogen) atoms. The SMILES string of the molecule is CCOc1nc(NN)nc(NCCc2ccccc2C)n1. The third-order valence-electron chi connectivity index (χ3n) is 2.96. The van der Waals surface area contributed by atoms with Crippen molar-refractivity contribution in [2.45, 2.75) is 20.3 Å². The van der Waals surface area contributed by atoms with Gasteiger partial charge in [0.1, 0.15) is 0 Å². The molecular formula is C14H20N6O. The van der Waals surface area contributed by atoms with Crippen LogP contribution in [0.25, 0.3) is 0 Å². The lowest BCUT2D eigenvalue weighted by molar-refractivity contribution is 0.312. The van der Waals surface area contributed by atoms with Crippen LogP contribution < -0.4 is 21.3 Å². The molecule has 0 unspecified atom stereocenters. The number of nitrogens with zero attached hydrogens (tertiary/aromatic N) is 3. The van der Waals surface area contributed by atoms with Crippen molar-refractivity contribution < 1.29 is 4.74 Å². The molecule has 0 aliphatic heterocycles. The molecule has 1 aromatic heterocycles. The summed E-state index contributed by atoms with van der Waals surface area (Å²) < 4.78 is 5.27. The molecule has 7 heteroatoms. The van der Waals surface area contributed by atoms with Gasteiger partial charge in [0, 0.05) is 6.54 Å². The van der Waals surface area contributed by atoms with E-state index in [0.29, 0.717) is 19.1 Å². The number of benzene rings is 1. The first-order valence-electron chi connectivity index (χ1n) is 6.86. The van der Waals surface area contributed by atoms with Crippen LogP contribution in [-0.2, 0) is 6.42 Å². The van der Waals surface area contributed by atoms with Crippen LogP contribution in [0.5, 0.6) is 6.01 Å². The molecule has 0 atom stereocenters. The minimum atomic E-state index is 0.249. The Morgan fingerprint density at radius 2 is 1.90 bits per heavy atom. The minimum Gasteiger partial charge on any atom is -0.464 e. The maximum Gasteiger partial charge on any atom is 0.323 e. The molecule has 0 fully saturated rings. The largest absolute Gasteiger partial charge is 0.464 e. The fraction of sp³-hybridized carbons (Fsp3) is 0.357. The maximum absolute atomic E-state index is 5.34. The van der Waals surface area contributed by atoms with Gasteiger partial charge in [0.05, 0.1) is 6.61 Å². The van der Waals surface area contributed by atoms with Crippen LogP contribution in [0.1, 0.15) is 18.1 Å². The average molecular weight is 288 g/mol. The topological polar surface area (TPSA) is 98.0 Å². The Kier molecular flexibility index (Phi) is 5.28. The molecule has 0 saturated carbocycles. The van der Waals surface area contributed by atoms with Crippen LogP contribution in [0, 0.1) is 6.92 Å². The summed E-state index contributed by atoms with van der Waals surface area (Å²) in [6.07, 6.45) is 0.883. The number of hydrazine groups is 1. The molecule has 4 N–H and O–H groups in total. The van der Waals surface area contributed by atoms with E-state index in [1.165, 1.54) is 11.1 Å². The van der Waals surface area contributed by atoms with Gasteiger partial charge >= 0.3 is 6.01 Å². The van der Waals surface area contributed by atoms with Crippen molar-refractivity contribution in [3.63, 3.8) is 0 Å². The number of nitrogens with one attached hydrogen (secondary N) is 2. The van der Waals surface area contributed by atoms with E-state index >= 15 is 0 Å². The Labute approximate surface area is 123 Å². The van der Waals surface area contributed by atoms with E-state index < -0.39 is 0 Å². The molecule has 7 nitrogen and oxygen atoms in total. The van der Waals surface area contributed by atoms with Crippen molar-refractivity contribution in [3.05, 3.63) is 35.4 Å². The summed E-state index contributed by atoms with van der Waals surface area (Å²) in [6, 6.07) is 8.53. The summed E-state index contributed by atoms with van der Waals surface area (Å²) in [5.41, 5.74) is 4.97. The Bertz CT molecular complexity index is 589. The fourth-order valence-corrected chi connectivity index (χ4v) is 1.89. The van der Waals surface area contributed by atoms with E-state index in [1.54, 1.807) is 0 Å². The van der Waals surface area contributed by atoms with Crippen LogP contribution in [0.2, 0.25) is 0 Å². The van der Waals surface area contributed by atoms with Crippen molar-refractivity contribution in [3.8, 4) is 6.01 Å². The molecule has 0 aliphatic carbocycles. The van der Waals surface area contributed by atoms with Crippen LogP contribution in [0.15, 0.2) is 24.3 Å². The number of hydrogen-bond acceptors (Lipinski definition) is 7. The highest BCUT2D eigenvalue weighted by Gasteiger charge is 2.06. The van der Waals surface area contributed by atoms with Gasteiger partial charge in [-0.1, -0.05) is 24.3 Å². The highest BCUT2D eigenvalue weighted by molar-refractivity contribution is 5.35. The number of ether oxygens (including phenoxy) is 1. The number of nitrogen functional groups attached to an aromatic ring is 1. The molecule has 0 amide bonds. The molecule has 0 bridgehead atoms. The van der Waals surface area contributed by atoms with Gasteiger partial charge in [-0.05, 0) is 31.4 Å². The number of nitrogens with two attached hydrogens (primary N) is 1. The number of rotatable bonds is 7. The van der Waals surface area contributed by atoms with Gasteiger partial charge in [-0.15, -0.1) is 0 Å². The lowest BCUT2D eigenvalue weighted by Gasteiger charge is -2.09. The van der Waals surface area contributed by atoms with E-state index in [0.717, 1.165) is 6.42 Å². The average Bonchev–Trinajstić information content (AvgIpc) is 2.49. The van der Waals surface area contributed by atoms with Crippen LogP contribution in [0.4, 0.5) is 11.9 Å². The Balaban J connectivity index is 1.99. The Morgan fingerprint density at radius 3 is 2.62 bits per heavy atom. The smallest absolute Gasteiger partial charge is 0.323 e. The van der Waals surface area contributed by atoms with Crippen molar-refractivity contribution in [1.29, 1.82) is 0 Å². The Morgan fingerprint density at radius 1 is 1.14 bits per heavy atom. The van der Waals surface area contributed by atoms with Crippen molar-refractivity contribution in [1.82, 2.24) is 15.0 Å². The molecule has 1 heterocycles. The molecule has 112 valence electrons. The van der Waals surface area contributed by atoms with Gasteiger partial charge in [-0.2, -0.15) is 15.0 Å². The Hall–Kier alpha value is -2.41. The summed E-state index contributed by atoms with van der Waals surface area (Å²) >= 11 is 0. The summed E-state index contributed by atoms with van der Waals surface area (Å²) in [7, 11) is 0. The number of aromatic nitrogens is 3. The molecule has 0 radical (unpaired) electrons. The van der Waals surface area contributed by atoms with E-state index in [-0.39, 0.29) is 12.0 Å². The lowest BCUT2D eigenvalue weighted by atomic mass is 10.1. The van der Waals surface area contributed by atoms with Crippen LogP contribution in [-0.4, -0.2) is 28.1 Å². The number of anilines is 2. The number of aryl methyl sites for hydroxylation is 1. The van der Waals surface area contributed by atoms with Crippen molar-refractivity contribution in [2.75, 3.05) is 23.9 Å². The third-order valence-corrected chi connectivity index (χ3v) is 2.96.